The van der Waals surface area contributed by atoms with E-state index in [-0.39, 0.29) is 0 Å². The van der Waals surface area contributed by atoms with Crippen LogP contribution in [0.1, 0.15) is 42.7 Å². The van der Waals surface area contributed by atoms with Crippen molar-refractivity contribution < 1.29 is 4.79 Å². The molecule has 2 heteroatoms. The maximum absolute atomic E-state index is 11.4. The van der Waals surface area contributed by atoms with Crippen molar-refractivity contribution in [1.82, 2.24) is 5.32 Å². The molecule has 0 spiro atoms. The molecule has 0 atom stereocenters. The fourth-order valence-corrected chi connectivity index (χ4v) is 3.23. The summed E-state index contributed by atoms with van der Waals surface area (Å²) in [5, 5.41) is 3.69. The minimum atomic E-state index is 0.361. The van der Waals surface area contributed by atoms with Gasteiger partial charge in [0, 0.05) is 31.3 Å². The van der Waals surface area contributed by atoms with Crippen LogP contribution >= 0.6 is 0 Å². The van der Waals surface area contributed by atoms with E-state index in [0.29, 0.717) is 17.7 Å². The first-order chi connectivity index (χ1) is 10.8. The number of hydrogen-bond donors (Lipinski definition) is 1. The number of nitrogens with one attached hydrogen (secondary N) is 1. The van der Waals surface area contributed by atoms with Gasteiger partial charge in [0.05, 0.1) is 0 Å². The third kappa shape index (κ3) is 3.83. The van der Waals surface area contributed by atoms with Crippen LogP contribution in [-0.4, -0.2) is 18.4 Å². The monoisotopic (exact) mass is 293 g/mol. The van der Waals surface area contributed by atoms with Crippen LogP contribution in [0, 0.1) is 0 Å². The van der Waals surface area contributed by atoms with Gasteiger partial charge in [0.15, 0.2) is 0 Å². The van der Waals surface area contributed by atoms with Gasteiger partial charge in [0.1, 0.15) is 5.78 Å². The minimum Gasteiger partial charge on any atom is -0.313 e. The summed E-state index contributed by atoms with van der Waals surface area (Å²) in [6, 6.07) is 21.8. The second kappa shape index (κ2) is 7.37. The van der Waals surface area contributed by atoms with Crippen LogP contribution < -0.4 is 5.32 Å². The number of carbonyl (C=O) groups is 1. The van der Waals surface area contributed by atoms with Gasteiger partial charge in [-0.15, -0.1) is 0 Å². The largest absolute Gasteiger partial charge is 0.313 e. The van der Waals surface area contributed by atoms with Crippen LogP contribution in [0.2, 0.25) is 0 Å². The predicted molar refractivity (Wildman–Crippen MR) is 90.0 cm³/mol. The molecule has 0 saturated heterocycles. The van der Waals surface area contributed by atoms with Crippen molar-refractivity contribution in [2.24, 2.45) is 0 Å². The van der Waals surface area contributed by atoms with Gasteiger partial charge in [-0.1, -0.05) is 60.7 Å². The molecule has 114 valence electrons. The Labute approximate surface area is 132 Å². The van der Waals surface area contributed by atoms with Gasteiger partial charge in [-0.05, 0) is 24.0 Å². The second-order valence-corrected chi connectivity index (χ2v) is 6.10. The van der Waals surface area contributed by atoms with E-state index in [9.17, 15) is 4.79 Å². The van der Waals surface area contributed by atoms with Gasteiger partial charge >= 0.3 is 0 Å². The Kier molecular flexibility index (Phi) is 5.02. The van der Waals surface area contributed by atoms with Crippen molar-refractivity contribution in [3.05, 3.63) is 71.8 Å². The molecule has 0 unspecified atom stereocenters. The summed E-state index contributed by atoms with van der Waals surface area (Å²) < 4.78 is 0. The minimum absolute atomic E-state index is 0.361. The van der Waals surface area contributed by atoms with E-state index in [1.165, 1.54) is 11.1 Å². The Morgan fingerprint density at radius 3 is 1.86 bits per heavy atom. The molecule has 0 aromatic heterocycles. The molecule has 22 heavy (non-hydrogen) atoms. The number of benzene rings is 2. The second-order valence-electron chi connectivity index (χ2n) is 6.10. The van der Waals surface area contributed by atoms with Crippen molar-refractivity contribution in [3.63, 3.8) is 0 Å². The summed E-state index contributed by atoms with van der Waals surface area (Å²) >= 11 is 0. The van der Waals surface area contributed by atoms with Gasteiger partial charge in [-0.2, -0.15) is 0 Å². The molecule has 0 amide bonds. The van der Waals surface area contributed by atoms with Crippen LogP contribution in [0.25, 0.3) is 0 Å². The number of ketones is 1. The highest BCUT2D eigenvalue weighted by molar-refractivity contribution is 5.79. The van der Waals surface area contributed by atoms with E-state index >= 15 is 0 Å². The molecule has 1 saturated carbocycles. The number of carbonyl (C=O) groups excluding carboxylic acids is 1. The van der Waals surface area contributed by atoms with Crippen molar-refractivity contribution in [3.8, 4) is 0 Å². The van der Waals surface area contributed by atoms with Crippen LogP contribution in [-0.2, 0) is 4.79 Å². The first-order valence-electron chi connectivity index (χ1n) is 8.18. The molecule has 2 aromatic carbocycles. The van der Waals surface area contributed by atoms with E-state index in [2.05, 4.69) is 66.0 Å². The molecule has 1 fully saturated rings. The first-order valence-corrected chi connectivity index (χ1v) is 8.18. The lowest BCUT2D eigenvalue weighted by molar-refractivity contribution is -0.120. The topological polar surface area (TPSA) is 29.1 Å². The van der Waals surface area contributed by atoms with Gasteiger partial charge in [-0.25, -0.2) is 0 Å². The summed E-state index contributed by atoms with van der Waals surface area (Å²) in [7, 11) is 0. The Bertz CT molecular complexity index is 544. The molecule has 1 aliphatic carbocycles. The van der Waals surface area contributed by atoms with Gasteiger partial charge < -0.3 is 5.32 Å². The Morgan fingerprint density at radius 1 is 0.864 bits per heavy atom. The summed E-state index contributed by atoms with van der Waals surface area (Å²) in [4.78, 5) is 11.4. The maximum Gasteiger partial charge on any atom is 0.133 e. The maximum atomic E-state index is 11.4. The number of rotatable bonds is 5. The third-order valence-corrected chi connectivity index (χ3v) is 4.56. The van der Waals surface area contributed by atoms with E-state index in [1.54, 1.807) is 0 Å². The van der Waals surface area contributed by atoms with Crippen molar-refractivity contribution in [2.45, 2.75) is 37.6 Å². The van der Waals surface area contributed by atoms with E-state index in [4.69, 9.17) is 0 Å². The average Bonchev–Trinajstić information content (AvgIpc) is 2.59. The summed E-state index contributed by atoms with van der Waals surface area (Å²) in [5.74, 6) is 0.778. The molecule has 0 bridgehead atoms. The lowest BCUT2D eigenvalue weighted by Gasteiger charge is -2.26. The third-order valence-electron chi connectivity index (χ3n) is 4.56. The van der Waals surface area contributed by atoms with Crippen LogP contribution in [0.3, 0.4) is 0 Å². The van der Waals surface area contributed by atoms with Crippen LogP contribution in [0.15, 0.2) is 60.7 Å². The highest BCUT2D eigenvalue weighted by Crippen LogP contribution is 2.24. The number of Topliss-reactive ketones (excluding diaryl/α,β-unsaturated/α-hetero) is 1. The Morgan fingerprint density at radius 2 is 1.36 bits per heavy atom. The van der Waals surface area contributed by atoms with E-state index < -0.39 is 0 Å². The standard InChI is InChI=1S/C20H23NO/c22-19-13-11-18(12-14-19)21-15-20(16-7-3-1-4-8-16)17-9-5-2-6-10-17/h1-10,18,20-21H,11-15H2. The van der Waals surface area contributed by atoms with E-state index in [0.717, 1.165) is 32.2 Å². The van der Waals surface area contributed by atoms with Crippen molar-refractivity contribution in [2.75, 3.05) is 6.54 Å². The molecule has 0 aliphatic heterocycles. The molecule has 1 aliphatic rings. The molecule has 3 rings (SSSR count). The average molecular weight is 293 g/mol. The van der Waals surface area contributed by atoms with E-state index in [1.807, 2.05) is 0 Å². The van der Waals surface area contributed by atoms with Crippen LogP contribution in [0.5, 0.6) is 0 Å². The molecule has 0 heterocycles. The molecular formula is C20H23NO. The normalized spacial score (nSPS) is 16.1. The Hall–Kier alpha value is -1.93. The molecule has 1 N–H and O–H groups in total. The zero-order valence-electron chi connectivity index (χ0n) is 12.9. The quantitative estimate of drug-likeness (QED) is 0.905. The smallest absolute Gasteiger partial charge is 0.133 e. The first kappa shape index (κ1) is 15.0. The SMILES string of the molecule is O=C1CCC(NCC(c2ccccc2)c2ccccc2)CC1. The summed E-state index contributed by atoms with van der Waals surface area (Å²) in [5.41, 5.74) is 2.68. The summed E-state index contributed by atoms with van der Waals surface area (Å²) in [6.07, 6.45) is 3.43. The van der Waals surface area contributed by atoms with Gasteiger partial charge in [-0.3, -0.25) is 4.79 Å². The predicted octanol–water partition coefficient (Wildman–Crippen LogP) is 3.92. The molecule has 2 nitrogen and oxygen atoms in total. The zero-order chi connectivity index (χ0) is 15.2. The lowest BCUT2D eigenvalue weighted by atomic mass is 9.89. The Balaban J connectivity index is 1.71. The fourth-order valence-electron chi connectivity index (χ4n) is 3.23. The highest BCUT2D eigenvalue weighted by atomic mass is 16.1. The van der Waals surface area contributed by atoms with Crippen molar-refractivity contribution >= 4 is 5.78 Å². The summed E-state index contributed by atoms with van der Waals surface area (Å²) in [6.45, 7) is 0.923. The molecule has 2 aromatic rings. The lowest BCUT2D eigenvalue weighted by Crippen LogP contribution is -2.36. The number of hydrogen-bond acceptors (Lipinski definition) is 2. The van der Waals surface area contributed by atoms with Crippen LogP contribution in [0.4, 0.5) is 0 Å². The van der Waals surface area contributed by atoms with Crippen molar-refractivity contribution in [1.29, 1.82) is 0 Å². The molecule has 0 radical (unpaired) electrons. The molecular weight excluding hydrogens is 270 g/mol. The fraction of sp³-hybridized carbons (Fsp3) is 0.350. The zero-order valence-corrected chi connectivity index (χ0v) is 12.9. The highest BCUT2D eigenvalue weighted by Gasteiger charge is 2.20. The van der Waals surface area contributed by atoms with Gasteiger partial charge in [0.2, 0.25) is 0 Å². The van der Waals surface area contributed by atoms with Gasteiger partial charge in [0.25, 0.3) is 0 Å².